The third kappa shape index (κ3) is 12.9. The second-order valence-corrected chi connectivity index (χ2v) is 19.1. The van der Waals surface area contributed by atoms with E-state index in [1.54, 1.807) is 0 Å². The summed E-state index contributed by atoms with van der Waals surface area (Å²) in [5, 5.41) is 0. The molecule has 6 rings (SSSR count). The van der Waals surface area contributed by atoms with Crippen LogP contribution in [0.5, 0.6) is 0 Å². The first-order valence-electron chi connectivity index (χ1n) is 23.8. The van der Waals surface area contributed by atoms with Crippen LogP contribution in [0.15, 0.2) is 36.7 Å². The Morgan fingerprint density at radius 3 is 1.15 bits per heavy atom. The highest BCUT2D eigenvalue weighted by Gasteiger charge is 2.34. The van der Waals surface area contributed by atoms with E-state index in [-0.39, 0.29) is 0 Å². The zero-order valence-corrected chi connectivity index (χ0v) is 35.8. The normalized spacial score (nSPS) is 30.5. The van der Waals surface area contributed by atoms with Crippen molar-refractivity contribution in [1.82, 2.24) is 9.97 Å². The van der Waals surface area contributed by atoms with Crippen molar-refractivity contribution in [3.8, 4) is 0 Å². The van der Waals surface area contributed by atoms with E-state index in [4.69, 9.17) is 9.97 Å². The Kier molecular flexibility index (Phi) is 18.2. The van der Waals surface area contributed by atoms with Gasteiger partial charge in [-0.25, -0.2) is 0 Å². The van der Waals surface area contributed by atoms with Gasteiger partial charge in [0.15, 0.2) is 0 Å². The molecule has 0 radical (unpaired) electrons. The van der Waals surface area contributed by atoms with Crippen LogP contribution in [-0.2, 0) is 12.8 Å². The van der Waals surface area contributed by atoms with E-state index in [0.717, 1.165) is 53.8 Å². The first-order valence-corrected chi connectivity index (χ1v) is 23.8. The number of aromatic nitrogens is 2. The number of rotatable bonds is 15. The van der Waals surface area contributed by atoms with Crippen molar-refractivity contribution in [1.29, 1.82) is 0 Å². The highest BCUT2D eigenvalue weighted by molar-refractivity contribution is 5.18. The monoisotopic (exact) mass is 725 g/mol. The van der Waals surface area contributed by atoms with E-state index in [9.17, 15) is 0 Å². The molecule has 2 unspecified atom stereocenters. The summed E-state index contributed by atoms with van der Waals surface area (Å²) in [5.41, 5.74) is 5.47. The van der Waals surface area contributed by atoms with Gasteiger partial charge in [-0.1, -0.05) is 118 Å². The van der Waals surface area contributed by atoms with Gasteiger partial charge in [-0.05, 0) is 167 Å². The molecule has 53 heavy (non-hydrogen) atoms. The highest BCUT2D eigenvalue weighted by Crippen LogP contribution is 2.46. The molecule has 0 amide bonds. The molecule has 2 nitrogen and oxygen atoms in total. The van der Waals surface area contributed by atoms with Crippen molar-refractivity contribution in [2.75, 3.05) is 0 Å². The lowest BCUT2D eigenvalue weighted by atomic mass is 9.67. The zero-order chi connectivity index (χ0) is 37.4. The summed E-state index contributed by atoms with van der Waals surface area (Å²) >= 11 is 0. The zero-order valence-electron chi connectivity index (χ0n) is 35.8. The van der Waals surface area contributed by atoms with Crippen molar-refractivity contribution in [2.45, 2.75) is 214 Å². The molecular weight excluding hydrogens is 641 g/mol. The van der Waals surface area contributed by atoms with E-state index in [2.05, 4.69) is 78.2 Å². The Bertz CT molecular complexity index is 1220. The minimum Gasteiger partial charge on any atom is -0.261 e. The second-order valence-electron chi connectivity index (χ2n) is 19.1. The molecular formula is C51H84N2. The smallest absolute Gasteiger partial charge is 0.0434 e. The van der Waals surface area contributed by atoms with E-state index in [1.165, 1.54) is 177 Å². The fourth-order valence-corrected chi connectivity index (χ4v) is 11.8. The van der Waals surface area contributed by atoms with Gasteiger partial charge in [0.1, 0.15) is 0 Å². The van der Waals surface area contributed by atoms with Crippen LogP contribution in [0.2, 0.25) is 0 Å². The molecule has 0 bridgehead atoms. The van der Waals surface area contributed by atoms with Gasteiger partial charge >= 0.3 is 0 Å². The first kappa shape index (κ1) is 42.4. The van der Waals surface area contributed by atoms with Crippen LogP contribution < -0.4 is 0 Å². The summed E-state index contributed by atoms with van der Waals surface area (Å²) < 4.78 is 0. The average molecular weight is 725 g/mol. The maximum absolute atomic E-state index is 4.84. The van der Waals surface area contributed by atoms with Crippen molar-refractivity contribution in [3.63, 3.8) is 0 Å². The topological polar surface area (TPSA) is 25.8 Å². The highest BCUT2D eigenvalue weighted by atomic mass is 14.7. The van der Waals surface area contributed by atoms with Crippen LogP contribution >= 0.6 is 0 Å². The molecule has 0 saturated heterocycles. The summed E-state index contributed by atoms with van der Waals surface area (Å²) in [6, 6.07) is 9.26. The van der Waals surface area contributed by atoms with Gasteiger partial charge in [0, 0.05) is 35.6 Å². The number of hydrogen-bond donors (Lipinski definition) is 0. The maximum atomic E-state index is 4.84. The molecule has 2 aromatic heterocycles. The molecule has 4 aliphatic rings. The van der Waals surface area contributed by atoms with Crippen LogP contribution in [0.3, 0.4) is 0 Å². The van der Waals surface area contributed by atoms with Gasteiger partial charge in [0.25, 0.3) is 0 Å². The molecule has 0 N–H and O–H groups in total. The van der Waals surface area contributed by atoms with Gasteiger partial charge in [0.2, 0.25) is 0 Å². The van der Waals surface area contributed by atoms with Gasteiger partial charge in [0.05, 0.1) is 0 Å². The lowest BCUT2D eigenvalue weighted by Gasteiger charge is -2.39. The lowest BCUT2D eigenvalue weighted by Crippen LogP contribution is -2.27. The molecule has 2 heterocycles. The SMILES string of the molecule is CCCCc1ccc(C(C)C2CCC([C@H]3CC[C@H](CCC)CC3)CC2)nc1.CCCc1ccc(C(C)C2CCC([C@H]3CC[C@H](CCC)CC3)CC2)nc1. The van der Waals surface area contributed by atoms with Gasteiger partial charge in [-0.2, -0.15) is 0 Å². The molecule has 0 spiro atoms. The predicted octanol–water partition coefficient (Wildman–Crippen LogP) is 15.5. The third-order valence-corrected chi connectivity index (χ3v) is 15.5. The van der Waals surface area contributed by atoms with Gasteiger partial charge < -0.3 is 0 Å². The van der Waals surface area contributed by atoms with Crippen molar-refractivity contribution < 1.29 is 0 Å². The maximum Gasteiger partial charge on any atom is 0.0434 e. The van der Waals surface area contributed by atoms with Crippen LogP contribution in [0.1, 0.15) is 224 Å². The first-order chi connectivity index (χ1) is 25.9. The molecule has 298 valence electrons. The van der Waals surface area contributed by atoms with E-state index >= 15 is 0 Å². The van der Waals surface area contributed by atoms with Gasteiger partial charge in [-0.15, -0.1) is 0 Å². The molecule has 0 aliphatic heterocycles. The lowest BCUT2D eigenvalue weighted by molar-refractivity contribution is 0.136. The predicted molar refractivity (Wildman–Crippen MR) is 230 cm³/mol. The second kappa shape index (κ2) is 22.8. The van der Waals surface area contributed by atoms with Crippen LogP contribution in [0, 0.1) is 47.3 Å². The molecule has 2 heteroatoms. The summed E-state index contributed by atoms with van der Waals surface area (Å²) in [5.74, 6) is 9.22. The van der Waals surface area contributed by atoms with Crippen molar-refractivity contribution >= 4 is 0 Å². The number of nitrogens with zero attached hydrogens (tertiary/aromatic N) is 2. The quantitative estimate of drug-likeness (QED) is 0.183. The van der Waals surface area contributed by atoms with Crippen molar-refractivity contribution in [2.24, 2.45) is 47.3 Å². The van der Waals surface area contributed by atoms with E-state index in [0.29, 0.717) is 11.8 Å². The molecule has 4 aliphatic carbocycles. The van der Waals surface area contributed by atoms with E-state index < -0.39 is 0 Å². The molecule has 4 fully saturated rings. The van der Waals surface area contributed by atoms with Crippen LogP contribution in [0.4, 0.5) is 0 Å². The summed E-state index contributed by atoms with van der Waals surface area (Å²) in [7, 11) is 0. The Hall–Kier alpha value is -1.70. The minimum absolute atomic E-state index is 0.631. The Balaban J connectivity index is 0.000000204. The Labute approximate surface area is 329 Å². The molecule has 2 atom stereocenters. The third-order valence-electron chi connectivity index (χ3n) is 15.5. The summed E-state index contributed by atoms with van der Waals surface area (Å²) in [6.07, 6.45) is 39.9. The summed E-state index contributed by atoms with van der Waals surface area (Å²) in [6.45, 7) is 14.0. The van der Waals surface area contributed by atoms with Crippen molar-refractivity contribution in [3.05, 3.63) is 59.2 Å². The fraction of sp³-hybridized carbons (Fsp3) is 0.804. The molecule has 2 aromatic rings. The Morgan fingerprint density at radius 1 is 0.453 bits per heavy atom. The number of pyridine rings is 2. The minimum atomic E-state index is 0.631. The standard InChI is InChI=1S/C26H43N.C25H41N/c1-4-6-8-22-11-18-26(27-19-22)20(3)23-14-16-25(17-15-23)24-12-9-21(7-5-2)10-13-24;1-4-6-20-8-11-23(12-9-20)24-15-13-22(14-16-24)19(3)25-17-10-21(7-5-2)18-26-25/h11,18-21,23-25H,4-10,12-17H2,1-3H3;10,17-20,22-24H,4-9,11-16H2,1-3H3/t20?,21-,23?,24-,25?;19?,20-,22?,23-,24?. The largest absolute Gasteiger partial charge is 0.261 e. The number of aryl methyl sites for hydroxylation is 2. The Morgan fingerprint density at radius 2 is 0.830 bits per heavy atom. The van der Waals surface area contributed by atoms with Crippen LogP contribution in [0.25, 0.3) is 0 Å². The van der Waals surface area contributed by atoms with Gasteiger partial charge in [-0.3, -0.25) is 9.97 Å². The fourth-order valence-electron chi connectivity index (χ4n) is 11.8. The van der Waals surface area contributed by atoms with Crippen LogP contribution in [-0.4, -0.2) is 9.97 Å². The average Bonchev–Trinajstić information content (AvgIpc) is 3.21. The summed E-state index contributed by atoms with van der Waals surface area (Å²) in [4.78, 5) is 9.65. The van der Waals surface area contributed by atoms with E-state index in [1.807, 2.05) is 0 Å². The number of unbranched alkanes of at least 4 members (excludes halogenated alkanes) is 1. The molecule has 4 saturated carbocycles. The number of hydrogen-bond acceptors (Lipinski definition) is 2. The molecule has 0 aromatic carbocycles.